The predicted molar refractivity (Wildman–Crippen MR) is 234 cm³/mol. The first-order valence-corrected chi connectivity index (χ1v) is 19.1. The third-order valence-electron chi connectivity index (χ3n) is 10.7. The highest BCUT2D eigenvalue weighted by atomic mass is 15.1. The summed E-state index contributed by atoms with van der Waals surface area (Å²) in [6.07, 6.45) is 8.01. The monoisotopic (exact) mass is 703 g/mol. The van der Waals surface area contributed by atoms with Crippen molar-refractivity contribution in [2.45, 2.75) is 12.3 Å². The maximum atomic E-state index is 2.38. The zero-order valence-corrected chi connectivity index (χ0v) is 30.7. The van der Waals surface area contributed by atoms with Crippen molar-refractivity contribution >= 4 is 22.6 Å². The molecule has 0 heterocycles. The molecule has 8 aromatic rings. The van der Waals surface area contributed by atoms with Gasteiger partial charge in [0.25, 0.3) is 0 Å². The normalized spacial score (nSPS) is 13.6. The van der Waals surface area contributed by atoms with Crippen LogP contribution < -0.4 is 4.90 Å². The first kappa shape index (κ1) is 33.8. The molecule has 1 aliphatic carbocycles. The van der Waals surface area contributed by atoms with Crippen molar-refractivity contribution in [2.75, 3.05) is 4.90 Å². The van der Waals surface area contributed by atoms with E-state index >= 15 is 0 Å². The van der Waals surface area contributed by atoms with Crippen LogP contribution in [0.2, 0.25) is 0 Å². The van der Waals surface area contributed by atoms with Crippen molar-refractivity contribution < 1.29 is 0 Å². The van der Waals surface area contributed by atoms with Gasteiger partial charge in [0.15, 0.2) is 0 Å². The fourth-order valence-electron chi connectivity index (χ4n) is 7.72. The summed E-state index contributed by atoms with van der Waals surface area (Å²) < 4.78 is 0. The highest BCUT2D eigenvalue weighted by Crippen LogP contribution is 2.42. The number of allylic oxidation sites excluding steroid dienone is 4. The van der Waals surface area contributed by atoms with Gasteiger partial charge >= 0.3 is 0 Å². The van der Waals surface area contributed by atoms with Gasteiger partial charge in [-0.15, -0.1) is 0 Å². The molecule has 0 aromatic heterocycles. The molecule has 0 aliphatic heterocycles. The summed E-state index contributed by atoms with van der Waals surface area (Å²) in [7, 11) is 0. The maximum absolute atomic E-state index is 2.38. The Kier molecular flexibility index (Phi) is 9.58. The molecule has 0 amide bonds. The lowest BCUT2D eigenvalue weighted by Crippen LogP contribution is -2.10. The predicted octanol–water partition coefficient (Wildman–Crippen LogP) is 15.0. The third-order valence-corrected chi connectivity index (χ3v) is 10.7. The van der Waals surface area contributed by atoms with Crippen LogP contribution in [0.4, 0.5) is 17.1 Å². The lowest BCUT2D eigenvalue weighted by molar-refractivity contribution is 0.856. The molecule has 1 nitrogen and oxygen atoms in total. The molecule has 1 aliphatic rings. The average Bonchev–Trinajstić information content (AvgIpc) is 3.28. The van der Waals surface area contributed by atoms with Crippen molar-refractivity contribution in [3.8, 4) is 44.5 Å². The SMILES string of the molecule is C1=CC(c2ccccc2)CC=C1c1ccc(N(c2ccc(-c3ccccc3)cc2)c2ccc(-c3ccc(-c4ccccc4)cc3)c(-c3ccccc3)c2)cc1. The molecule has 55 heavy (non-hydrogen) atoms. The van der Waals surface area contributed by atoms with Crippen molar-refractivity contribution in [2.24, 2.45) is 0 Å². The molecule has 0 fully saturated rings. The zero-order valence-electron chi connectivity index (χ0n) is 30.7. The van der Waals surface area contributed by atoms with Crippen LogP contribution in [0.1, 0.15) is 23.5 Å². The quantitative estimate of drug-likeness (QED) is 0.145. The molecule has 1 heteroatoms. The average molecular weight is 704 g/mol. The lowest BCUT2D eigenvalue weighted by atomic mass is 9.88. The minimum Gasteiger partial charge on any atom is -0.310 e. The van der Waals surface area contributed by atoms with E-state index in [0.29, 0.717) is 5.92 Å². The Bertz CT molecular complexity index is 2550. The Morgan fingerprint density at radius 3 is 1.29 bits per heavy atom. The van der Waals surface area contributed by atoms with Gasteiger partial charge in [0, 0.05) is 23.0 Å². The standard InChI is InChI=1S/C54H41N/c1-5-13-40(14-6-1)43-21-23-45(24-22-43)47-31-35-51(36-32-47)55(50-33-29-46(30-34-50)42-17-9-3-10-18-42)52-37-38-53(54(39-52)48-19-11-4-12-20-48)49-27-25-44(26-28-49)41-15-7-2-8-16-41/h1-21,23-39,43H,22H2. The molecule has 0 spiro atoms. The van der Waals surface area contributed by atoms with E-state index in [2.05, 4.69) is 235 Å². The number of rotatable bonds is 9. The van der Waals surface area contributed by atoms with Crippen LogP contribution in [0, 0.1) is 0 Å². The number of anilines is 3. The second kappa shape index (κ2) is 15.6. The largest absolute Gasteiger partial charge is 0.310 e. The molecule has 0 N–H and O–H groups in total. The highest BCUT2D eigenvalue weighted by Gasteiger charge is 2.18. The number of hydrogen-bond acceptors (Lipinski definition) is 1. The molecule has 262 valence electrons. The second-order valence-electron chi connectivity index (χ2n) is 14.1. The van der Waals surface area contributed by atoms with Crippen molar-refractivity contribution in [1.29, 1.82) is 0 Å². The Balaban J connectivity index is 1.10. The molecular formula is C54H41N. The maximum Gasteiger partial charge on any atom is 0.0468 e. The van der Waals surface area contributed by atoms with E-state index < -0.39 is 0 Å². The van der Waals surface area contributed by atoms with E-state index in [1.807, 2.05) is 0 Å². The van der Waals surface area contributed by atoms with Gasteiger partial charge < -0.3 is 4.90 Å². The molecular weight excluding hydrogens is 663 g/mol. The fourth-order valence-corrected chi connectivity index (χ4v) is 7.72. The van der Waals surface area contributed by atoms with Crippen LogP contribution in [0.3, 0.4) is 0 Å². The molecule has 8 aromatic carbocycles. The van der Waals surface area contributed by atoms with Crippen LogP contribution in [-0.2, 0) is 0 Å². The van der Waals surface area contributed by atoms with E-state index in [9.17, 15) is 0 Å². The summed E-state index contributed by atoms with van der Waals surface area (Å²) in [5, 5.41) is 0. The van der Waals surface area contributed by atoms with Gasteiger partial charge in [0.2, 0.25) is 0 Å². The van der Waals surface area contributed by atoms with Gasteiger partial charge in [-0.3, -0.25) is 0 Å². The number of hydrogen-bond donors (Lipinski definition) is 0. The summed E-state index contributed by atoms with van der Waals surface area (Å²) in [5.74, 6) is 0.419. The summed E-state index contributed by atoms with van der Waals surface area (Å²) >= 11 is 0. The van der Waals surface area contributed by atoms with E-state index in [4.69, 9.17) is 0 Å². The van der Waals surface area contributed by atoms with Gasteiger partial charge in [-0.05, 0) is 104 Å². The van der Waals surface area contributed by atoms with Crippen molar-refractivity contribution in [3.63, 3.8) is 0 Å². The summed E-state index contributed by atoms with van der Waals surface area (Å²) in [4.78, 5) is 2.38. The van der Waals surface area contributed by atoms with Gasteiger partial charge in [-0.25, -0.2) is 0 Å². The molecule has 0 radical (unpaired) electrons. The number of benzene rings is 8. The van der Waals surface area contributed by atoms with Gasteiger partial charge in [0.05, 0.1) is 0 Å². The first-order valence-electron chi connectivity index (χ1n) is 19.1. The van der Waals surface area contributed by atoms with E-state index in [0.717, 1.165) is 23.5 Å². The van der Waals surface area contributed by atoms with Crippen molar-refractivity contribution in [1.82, 2.24) is 0 Å². The van der Waals surface area contributed by atoms with Gasteiger partial charge in [-0.2, -0.15) is 0 Å². The van der Waals surface area contributed by atoms with Gasteiger partial charge in [0.1, 0.15) is 0 Å². The molecule has 0 saturated carbocycles. The van der Waals surface area contributed by atoms with Crippen LogP contribution in [0.5, 0.6) is 0 Å². The van der Waals surface area contributed by atoms with E-state index in [1.54, 1.807) is 0 Å². The molecule has 1 unspecified atom stereocenters. The second-order valence-corrected chi connectivity index (χ2v) is 14.1. The fraction of sp³-hybridized carbons (Fsp3) is 0.0370. The minimum atomic E-state index is 0.419. The first-order chi connectivity index (χ1) is 27.3. The summed E-state index contributed by atoms with van der Waals surface area (Å²) in [6, 6.07) is 76.6. The Morgan fingerprint density at radius 1 is 0.345 bits per heavy atom. The molecule has 0 bridgehead atoms. The Labute approximate surface area is 324 Å². The number of nitrogens with zero attached hydrogens (tertiary/aromatic N) is 1. The van der Waals surface area contributed by atoms with E-state index in [1.165, 1.54) is 61.2 Å². The highest BCUT2D eigenvalue weighted by molar-refractivity contribution is 5.90. The smallest absolute Gasteiger partial charge is 0.0468 e. The van der Waals surface area contributed by atoms with E-state index in [-0.39, 0.29) is 0 Å². The Morgan fingerprint density at radius 2 is 0.764 bits per heavy atom. The van der Waals surface area contributed by atoms with Crippen LogP contribution in [0.25, 0.3) is 50.1 Å². The van der Waals surface area contributed by atoms with Crippen LogP contribution >= 0.6 is 0 Å². The molecule has 9 rings (SSSR count). The zero-order chi connectivity index (χ0) is 36.8. The van der Waals surface area contributed by atoms with Crippen LogP contribution in [0.15, 0.2) is 231 Å². The van der Waals surface area contributed by atoms with Crippen LogP contribution in [-0.4, -0.2) is 0 Å². The minimum absolute atomic E-state index is 0.419. The summed E-state index contributed by atoms with van der Waals surface area (Å²) in [5.41, 5.74) is 16.8. The summed E-state index contributed by atoms with van der Waals surface area (Å²) in [6.45, 7) is 0. The lowest BCUT2D eigenvalue weighted by Gasteiger charge is -2.27. The van der Waals surface area contributed by atoms with Crippen molar-refractivity contribution in [3.05, 3.63) is 242 Å². The Hall–Kier alpha value is -6.96. The molecule has 0 saturated heterocycles. The molecule has 1 atom stereocenters. The topological polar surface area (TPSA) is 3.24 Å². The van der Waals surface area contributed by atoms with Gasteiger partial charge in [-0.1, -0.05) is 194 Å². The third kappa shape index (κ3) is 7.34.